The molecule has 18 nitrogen and oxygen atoms in total. The van der Waals surface area contributed by atoms with Crippen LogP contribution in [0.3, 0.4) is 0 Å². The van der Waals surface area contributed by atoms with Crippen LogP contribution in [-0.4, -0.2) is 177 Å². The van der Waals surface area contributed by atoms with Crippen molar-refractivity contribution >= 4 is 5.91 Å². The maximum Gasteiger partial charge on any atom is 0.246 e. The van der Waals surface area contributed by atoms with Gasteiger partial charge in [-0.2, -0.15) is 0 Å². The van der Waals surface area contributed by atoms with Gasteiger partial charge in [-0.1, -0.05) is 0 Å². The van der Waals surface area contributed by atoms with Crippen LogP contribution in [0, 0.1) is 5.92 Å². The van der Waals surface area contributed by atoms with Crippen LogP contribution in [0.5, 0.6) is 0 Å². The number of carbonyl (C=O) groups excluding carboxylic acids is 1. The van der Waals surface area contributed by atoms with Crippen LogP contribution < -0.4 is 22.1 Å². The third-order valence-corrected chi connectivity index (χ3v) is 8.23. The molecule has 0 spiro atoms. The number of ether oxygens (including phenoxy) is 4. The molecule has 3 fully saturated rings. The van der Waals surface area contributed by atoms with Crippen molar-refractivity contribution in [1.82, 2.24) is 15.7 Å². The normalized spacial score (nSPS) is 43.9. The molecule has 0 bridgehead atoms. The van der Waals surface area contributed by atoms with E-state index in [0.29, 0.717) is 5.06 Å². The van der Waals surface area contributed by atoms with Crippen molar-refractivity contribution in [1.29, 1.82) is 0 Å². The van der Waals surface area contributed by atoms with Crippen molar-refractivity contribution in [2.24, 2.45) is 17.4 Å². The summed E-state index contributed by atoms with van der Waals surface area (Å²) in [6.07, 6.45) is -14.8. The van der Waals surface area contributed by atoms with Crippen LogP contribution in [0.1, 0.15) is 19.8 Å². The van der Waals surface area contributed by atoms with Crippen LogP contribution in [0.2, 0.25) is 0 Å². The molecule has 1 aliphatic carbocycles. The average Bonchev–Trinajstić information content (AvgIpc) is 2.95. The van der Waals surface area contributed by atoms with Gasteiger partial charge in [0.25, 0.3) is 0 Å². The molecule has 2 heterocycles. The fraction of sp³-hybridized carbons (Fsp3) is 0.960. The minimum atomic E-state index is -1.73. The van der Waals surface area contributed by atoms with Gasteiger partial charge in [0.2, 0.25) is 5.91 Å². The Morgan fingerprint density at radius 1 is 1.05 bits per heavy atom. The van der Waals surface area contributed by atoms with Crippen molar-refractivity contribution < 1.29 is 64.7 Å². The van der Waals surface area contributed by atoms with E-state index in [1.165, 1.54) is 14.0 Å². The summed E-state index contributed by atoms with van der Waals surface area (Å²) in [7, 11) is 1.53. The highest BCUT2D eigenvalue weighted by Gasteiger charge is 2.53. The Morgan fingerprint density at radius 2 is 1.72 bits per heavy atom. The Bertz CT molecular complexity index is 877. The molecule has 0 radical (unpaired) electrons. The molecule has 3 aliphatic rings. The number of nitrogens with one attached hydrogen (secondary N) is 2. The van der Waals surface area contributed by atoms with Gasteiger partial charge in [0, 0.05) is 32.1 Å². The maximum atomic E-state index is 12.7. The Labute approximate surface area is 249 Å². The molecule has 0 aromatic heterocycles. The number of rotatable bonds is 13. The third-order valence-electron chi connectivity index (χ3n) is 8.23. The Balaban J connectivity index is 1.83. The highest BCUT2D eigenvalue weighted by molar-refractivity contribution is 5.75. The van der Waals surface area contributed by atoms with Gasteiger partial charge in [0.15, 0.2) is 12.6 Å². The summed E-state index contributed by atoms with van der Waals surface area (Å²) in [6, 6.07) is -1.85. The van der Waals surface area contributed by atoms with E-state index in [9.17, 15) is 40.6 Å². The molecule has 0 aromatic rings. The lowest BCUT2D eigenvalue weighted by Crippen LogP contribution is -2.67. The summed E-state index contributed by atoms with van der Waals surface area (Å²) in [5, 5.41) is 89.6. The first-order valence-corrected chi connectivity index (χ1v) is 14.4. The summed E-state index contributed by atoms with van der Waals surface area (Å²) in [5.41, 5.74) is 10.3. The van der Waals surface area contributed by atoms with Crippen LogP contribution in [0.15, 0.2) is 0 Å². The lowest BCUT2D eigenvalue weighted by atomic mass is 9.77. The molecule has 0 aromatic carbocycles. The monoisotopic (exact) mass is 627 g/mol. The molecule has 2 aliphatic heterocycles. The fourth-order valence-corrected chi connectivity index (χ4v) is 5.88. The summed E-state index contributed by atoms with van der Waals surface area (Å²) in [4.78, 5) is 12.7. The van der Waals surface area contributed by atoms with E-state index in [0.717, 1.165) is 0 Å². The molecule has 1 unspecified atom stereocenters. The number of amides is 1. The van der Waals surface area contributed by atoms with Crippen molar-refractivity contribution in [2.75, 3.05) is 46.4 Å². The minimum Gasteiger partial charge on any atom is -0.395 e. The second kappa shape index (κ2) is 15.9. The Kier molecular flexibility index (Phi) is 13.4. The quantitative estimate of drug-likeness (QED) is 0.0513. The zero-order valence-electron chi connectivity index (χ0n) is 24.4. The first-order valence-electron chi connectivity index (χ1n) is 14.4. The molecule has 252 valence electrons. The Hall–Kier alpha value is -1.17. The van der Waals surface area contributed by atoms with Crippen LogP contribution in [0.4, 0.5) is 0 Å². The van der Waals surface area contributed by atoms with Crippen molar-refractivity contribution in [3.63, 3.8) is 0 Å². The van der Waals surface area contributed by atoms with Crippen LogP contribution >= 0.6 is 0 Å². The van der Waals surface area contributed by atoms with Crippen LogP contribution in [-0.2, 0) is 23.7 Å². The third kappa shape index (κ3) is 8.55. The van der Waals surface area contributed by atoms with Gasteiger partial charge in [0.05, 0.1) is 31.9 Å². The molecule has 18 heteroatoms. The highest BCUT2D eigenvalue weighted by atomic mass is 16.7. The van der Waals surface area contributed by atoms with E-state index in [2.05, 4.69) is 10.6 Å². The largest absolute Gasteiger partial charge is 0.395 e. The number of hydrogen-bond acceptors (Lipinski definition) is 17. The number of likely N-dealkylation sites (N-methyl/N-ethyl adjacent to an activating group) is 1. The standard InChI is InChI=1S/C25H49N5O13/c1-25(38)10-40-23(19(37)22(25)28-2)42-20-11(8-14(32)30(39)5-3-26)7-12(27)21(18(20)36)43-24-17(35)16(34)15(33)13(41-24)9-29-4-6-31/h11-13,15-24,28-29,31,33-39H,3-10,26-27H2,1-2H3/t11-,12-,13+,15+,16-,17+,18+,19+,20-,21?,22+,23+,24+,25-/m0/s1. The molecule has 14 N–H and O–H groups in total. The second-order valence-electron chi connectivity index (χ2n) is 11.6. The average molecular weight is 628 g/mol. The number of nitrogens with zero attached hydrogens (tertiary/aromatic N) is 1. The number of hydroxylamine groups is 2. The van der Waals surface area contributed by atoms with Crippen molar-refractivity contribution in [2.45, 2.75) is 98.9 Å². The van der Waals surface area contributed by atoms with Gasteiger partial charge in [0.1, 0.15) is 48.3 Å². The second-order valence-corrected chi connectivity index (χ2v) is 11.6. The molecule has 3 rings (SSSR count). The van der Waals surface area contributed by atoms with Gasteiger partial charge in [-0.15, -0.1) is 0 Å². The van der Waals surface area contributed by atoms with E-state index in [-0.39, 0.29) is 52.2 Å². The smallest absolute Gasteiger partial charge is 0.246 e. The Morgan fingerprint density at radius 3 is 2.35 bits per heavy atom. The zero-order valence-corrected chi connectivity index (χ0v) is 24.4. The molecular formula is C25H49N5O13. The number of aliphatic hydroxyl groups is 7. The van der Waals surface area contributed by atoms with Gasteiger partial charge < -0.3 is 76.8 Å². The summed E-state index contributed by atoms with van der Waals surface area (Å²) >= 11 is 0. The van der Waals surface area contributed by atoms with Gasteiger partial charge >= 0.3 is 0 Å². The highest BCUT2D eigenvalue weighted by Crippen LogP contribution is 2.36. The predicted octanol–water partition coefficient (Wildman–Crippen LogP) is -6.52. The SMILES string of the molecule is CN[C@@H]1[C@@H](O)[C@@H](O[C@H]2[C@H](CC(=O)N(O)CCN)C[C@H](N)C(O[C@H]3O[C@H](CNCCO)[C@@H](O)[C@H](O)[C@H]3O)[C@@H]2O)OC[C@]1(C)O. The molecule has 14 atom stereocenters. The van der Waals surface area contributed by atoms with Crippen molar-refractivity contribution in [3.05, 3.63) is 0 Å². The molecule has 43 heavy (non-hydrogen) atoms. The van der Waals surface area contributed by atoms with E-state index >= 15 is 0 Å². The molecule has 1 saturated carbocycles. The molecule has 2 saturated heterocycles. The zero-order chi connectivity index (χ0) is 32.1. The van der Waals surface area contributed by atoms with E-state index in [1.807, 2.05) is 0 Å². The number of carbonyl (C=O) groups is 1. The maximum absolute atomic E-state index is 12.7. The first kappa shape index (κ1) is 36.3. The van der Waals surface area contributed by atoms with E-state index in [1.54, 1.807) is 0 Å². The molecule has 1 amide bonds. The summed E-state index contributed by atoms with van der Waals surface area (Å²) < 4.78 is 23.2. The molecular weight excluding hydrogens is 578 g/mol. The minimum absolute atomic E-state index is 0.0000626. The number of hydrogen-bond donors (Lipinski definition) is 12. The van der Waals surface area contributed by atoms with Gasteiger partial charge in [-0.25, -0.2) is 5.06 Å². The van der Waals surface area contributed by atoms with E-state index in [4.69, 9.17) is 35.5 Å². The van der Waals surface area contributed by atoms with E-state index < -0.39 is 90.9 Å². The first-order chi connectivity index (χ1) is 20.3. The summed E-state index contributed by atoms with van der Waals surface area (Å²) in [6.45, 7) is 1.08. The summed E-state index contributed by atoms with van der Waals surface area (Å²) in [5.74, 6) is -1.54. The van der Waals surface area contributed by atoms with Gasteiger partial charge in [-0.3, -0.25) is 10.0 Å². The van der Waals surface area contributed by atoms with Crippen molar-refractivity contribution in [3.8, 4) is 0 Å². The van der Waals surface area contributed by atoms with Gasteiger partial charge in [-0.05, 0) is 26.3 Å². The lowest BCUT2D eigenvalue weighted by molar-refractivity contribution is -0.333. The lowest BCUT2D eigenvalue weighted by Gasteiger charge is -2.49. The fourth-order valence-electron chi connectivity index (χ4n) is 5.88. The topological polar surface area (TPSA) is 295 Å². The number of nitrogens with two attached hydrogens (primary N) is 2. The number of aliphatic hydroxyl groups excluding tert-OH is 6. The predicted molar refractivity (Wildman–Crippen MR) is 145 cm³/mol. The van der Waals surface area contributed by atoms with Crippen LogP contribution in [0.25, 0.3) is 0 Å².